The number of aromatic nitrogens is 1. The lowest BCUT2D eigenvalue weighted by Crippen LogP contribution is -2.17. The second-order valence-electron chi connectivity index (χ2n) is 4.22. The average molecular weight is 287 g/mol. The maximum absolute atomic E-state index is 11.8. The number of hydrogen-bond acceptors (Lipinski definition) is 3. The van der Waals surface area contributed by atoms with Gasteiger partial charge in [-0.2, -0.15) is 5.10 Å². The molecule has 0 saturated carbocycles. The molecule has 1 aromatic carbocycles. The highest BCUT2D eigenvalue weighted by Crippen LogP contribution is 2.17. The van der Waals surface area contributed by atoms with E-state index in [1.54, 1.807) is 24.4 Å². The van der Waals surface area contributed by atoms with E-state index in [0.717, 1.165) is 11.4 Å². The number of carbonyl (C=O) groups excluding carboxylic acids is 1. The largest absolute Gasteiger partial charge is 0.362 e. The van der Waals surface area contributed by atoms with Crippen molar-refractivity contribution in [3.05, 3.63) is 58.9 Å². The number of nitrogens with zero attached hydrogens (tertiary/aromatic N) is 1. The van der Waals surface area contributed by atoms with Crippen LogP contribution in [-0.4, -0.2) is 16.7 Å². The highest BCUT2D eigenvalue weighted by atomic mass is 35.5. The zero-order chi connectivity index (χ0) is 13.9. The van der Waals surface area contributed by atoms with Crippen molar-refractivity contribution in [2.45, 2.75) is 0 Å². The molecule has 3 N–H and O–H groups in total. The summed E-state index contributed by atoms with van der Waals surface area (Å²) in [4.78, 5) is 14.8. The summed E-state index contributed by atoms with van der Waals surface area (Å²) in [6, 6.07) is 10.9. The van der Waals surface area contributed by atoms with Crippen LogP contribution in [0.4, 0.5) is 5.69 Å². The molecule has 1 aromatic heterocycles. The first kappa shape index (κ1) is 12.5. The second kappa shape index (κ2) is 5.22. The minimum atomic E-state index is -0.240. The van der Waals surface area contributed by atoms with Gasteiger partial charge in [-0.05, 0) is 42.5 Å². The number of halogens is 1. The van der Waals surface area contributed by atoms with Gasteiger partial charge in [-0.25, -0.2) is 5.43 Å². The number of amides is 1. The van der Waals surface area contributed by atoms with E-state index in [9.17, 15) is 4.79 Å². The van der Waals surface area contributed by atoms with Crippen molar-refractivity contribution in [3.63, 3.8) is 0 Å². The van der Waals surface area contributed by atoms with Gasteiger partial charge >= 0.3 is 0 Å². The van der Waals surface area contributed by atoms with Gasteiger partial charge in [-0.1, -0.05) is 11.6 Å². The van der Waals surface area contributed by atoms with Gasteiger partial charge in [0.25, 0.3) is 5.91 Å². The number of H-pyrrole nitrogens is 1. The van der Waals surface area contributed by atoms with Crippen molar-refractivity contribution in [2.75, 3.05) is 5.32 Å². The van der Waals surface area contributed by atoms with Crippen molar-refractivity contribution < 1.29 is 4.79 Å². The molecule has 2 heterocycles. The van der Waals surface area contributed by atoms with Gasteiger partial charge in [0.2, 0.25) is 0 Å². The normalized spacial score (nSPS) is 16.1. The lowest BCUT2D eigenvalue weighted by atomic mass is 10.2. The summed E-state index contributed by atoms with van der Waals surface area (Å²) in [5.74, 6) is 0.239. The Kier molecular flexibility index (Phi) is 3.26. The van der Waals surface area contributed by atoms with Crippen LogP contribution in [0.25, 0.3) is 6.08 Å². The molecule has 3 rings (SSSR count). The molecule has 0 bridgehead atoms. The van der Waals surface area contributed by atoms with E-state index >= 15 is 0 Å². The molecular weight excluding hydrogens is 276 g/mol. The smallest absolute Gasteiger partial charge is 0.275 e. The fraction of sp³-hybridized carbons (Fsp3) is 0. The number of rotatable bonds is 2. The molecule has 1 aliphatic rings. The third kappa shape index (κ3) is 2.57. The molecule has 0 unspecified atom stereocenters. The molecule has 0 fully saturated rings. The van der Waals surface area contributed by atoms with Crippen molar-refractivity contribution >= 4 is 35.1 Å². The molecule has 0 radical (unpaired) electrons. The SMILES string of the molecule is O=C1NN=C(Nc2ccc(Cl)cc2)/C1=C\c1ccc[nH]1. The molecule has 6 heteroatoms. The average Bonchev–Trinajstić information content (AvgIpc) is 3.06. The van der Waals surface area contributed by atoms with Crippen LogP contribution in [0, 0.1) is 0 Å². The molecule has 0 atom stereocenters. The molecule has 1 amide bonds. The van der Waals surface area contributed by atoms with Crippen LogP contribution in [0.1, 0.15) is 5.69 Å². The number of nitrogens with one attached hydrogen (secondary N) is 3. The molecule has 0 spiro atoms. The second-order valence-corrected chi connectivity index (χ2v) is 4.65. The first-order valence-electron chi connectivity index (χ1n) is 5.98. The molecule has 0 saturated heterocycles. The maximum atomic E-state index is 11.8. The fourth-order valence-corrected chi connectivity index (χ4v) is 1.95. The quantitative estimate of drug-likeness (QED) is 0.743. The van der Waals surface area contributed by atoms with E-state index in [0.29, 0.717) is 16.4 Å². The number of hydrazone groups is 1. The molecule has 0 aliphatic carbocycles. The van der Waals surface area contributed by atoms with Crippen LogP contribution in [0.3, 0.4) is 0 Å². The Balaban J connectivity index is 1.85. The van der Waals surface area contributed by atoms with Crippen molar-refractivity contribution in [1.82, 2.24) is 10.4 Å². The lowest BCUT2D eigenvalue weighted by molar-refractivity contribution is -0.116. The van der Waals surface area contributed by atoms with Crippen molar-refractivity contribution in [1.29, 1.82) is 0 Å². The summed E-state index contributed by atoms with van der Waals surface area (Å²) in [6.45, 7) is 0. The van der Waals surface area contributed by atoms with Crippen LogP contribution < -0.4 is 10.7 Å². The molecular formula is C14H11ClN4O. The van der Waals surface area contributed by atoms with Crippen LogP contribution in [0.15, 0.2) is 53.3 Å². The third-order valence-electron chi connectivity index (χ3n) is 2.80. The van der Waals surface area contributed by atoms with E-state index in [-0.39, 0.29) is 5.91 Å². The van der Waals surface area contributed by atoms with Gasteiger partial charge in [0.15, 0.2) is 5.84 Å². The van der Waals surface area contributed by atoms with Crippen LogP contribution >= 0.6 is 11.6 Å². The summed E-state index contributed by atoms with van der Waals surface area (Å²) in [6.07, 6.45) is 3.53. The highest BCUT2D eigenvalue weighted by Gasteiger charge is 2.22. The van der Waals surface area contributed by atoms with E-state index in [1.807, 2.05) is 24.3 Å². The summed E-state index contributed by atoms with van der Waals surface area (Å²) in [7, 11) is 0. The van der Waals surface area contributed by atoms with E-state index < -0.39 is 0 Å². The number of anilines is 1. The van der Waals surface area contributed by atoms with Crippen LogP contribution in [0.5, 0.6) is 0 Å². The standard InChI is InChI=1S/C14H11ClN4O/c15-9-3-5-10(6-4-9)17-13-12(14(20)19-18-13)8-11-2-1-7-16-11/h1-8,16H,(H,17,18)(H,19,20)/b12-8+. The lowest BCUT2D eigenvalue weighted by Gasteiger charge is -2.05. The summed E-state index contributed by atoms with van der Waals surface area (Å²) in [5.41, 5.74) is 4.56. The molecule has 1 aliphatic heterocycles. The number of benzene rings is 1. The van der Waals surface area contributed by atoms with Crippen LogP contribution in [-0.2, 0) is 4.79 Å². The maximum Gasteiger partial charge on any atom is 0.275 e. The summed E-state index contributed by atoms with van der Waals surface area (Å²) < 4.78 is 0. The van der Waals surface area contributed by atoms with Crippen molar-refractivity contribution in [3.8, 4) is 0 Å². The third-order valence-corrected chi connectivity index (χ3v) is 3.05. The minimum absolute atomic E-state index is 0.240. The van der Waals surface area contributed by atoms with Gasteiger partial charge in [0, 0.05) is 22.6 Å². The zero-order valence-corrected chi connectivity index (χ0v) is 11.1. The topological polar surface area (TPSA) is 69.3 Å². The summed E-state index contributed by atoms with van der Waals surface area (Å²) >= 11 is 5.83. The summed E-state index contributed by atoms with van der Waals surface area (Å²) in [5, 5.41) is 7.73. The van der Waals surface area contributed by atoms with Gasteiger partial charge in [-0.3, -0.25) is 4.79 Å². The number of carbonyl (C=O) groups is 1. The van der Waals surface area contributed by atoms with Crippen LogP contribution in [0.2, 0.25) is 5.02 Å². The van der Waals surface area contributed by atoms with Crippen molar-refractivity contribution in [2.24, 2.45) is 5.10 Å². The number of aromatic amines is 1. The van der Waals surface area contributed by atoms with Gasteiger partial charge < -0.3 is 10.3 Å². The number of hydrogen-bond donors (Lipinski definition) is 3. The predicted octanol–water partition coefficient (Wildman–Crippen LogP) is 2.61. The molecule has 2 aromatic rings. The van der Waals surface area contributed by atoms with E-state index in [4.69, 9.17) is 11.6 Å². The van der Waals surface area contributed by atoms with E-state index in [1.165, 1.54) is 0 Å². The molecule has 20 heavy (non-hydrogen) atoms. The first-order valence-corrected chi connectivity index (χ1v) is 6.36. The first-order chi connectivity index (χ1) is 9.72. The minimum Gasteiger partial charge on any atom is -0.362 e. The zero-order valence-electron chi connectivity index (χ0n) is 10.4. The Hall–Kier alpha value is -2.53. The Morgan fingerprint density at radius 2 is 2.00 bits per heavy atom. The van der Waals surface area contributed by atoms with E-state index in [2.05, 4.69) is 20.8 Å². The number of amidine groups is 1. The Morgan fingerprint density at radius 1 is 1.20 bits per heavy atom. The van der Waals surface area contributed by atoms with Gasteiger partial charge in [-0.15, -0.1) is 0 Å². The fourth-order valence-electron chi connectivity index (χ4n) is 1.82. The van der Waals surface area contributed by atoms with Gasteiger partial charge in [0.05, 0.1) is 5.57 Å². The highest BCUT2D eigenvalue weighted by molar-refractivity contribution is 6.31. The molecule has 5 nitrogen and oxygen atoms in total. The Morgan fingerprint density at radius 3 is 2.70 bits per heavy atom. The predicted molar refractivity (Wildman–Crippen MR) is 79.4 cm³/mol. The Labute approximate surface area is 120 Å². The monoisotopic (exact) mass is 286 g/mol. The molecule has 100 valence electrons. The van der Waals surface area contributed by atoms with Gasteiger partial charge in [0.1, 0.15) is 0 Å². The Bertz CT molecular complexity index is 686.